The SMILES string of the molecule is CC[C@@H](N)C(=O)NC(c1ccc(F)cc1)C(C)(C)C. The largest absolute Gasteiger partial charge is 0.347 e. The molecule has 2 atom stereocenters. The summed E-state index contributed by atoms with van der Waals surface area (Å²) in [5.74, 6) is -0.459. The fourth-order valence-corrected chi connectivity index (χ4v) is 1.89. The molecule has 3 nitrogen and oxygen atoms in total. The zero-order chi connectivity index (χ0) is 14.6. The van der Waals surface area contributed by atoms with E-state index in [1.54, 1.807) is 12.1 Å². The van der Waals surface area contributed by atoms with Crippen LogP contribution in [0.5, 0.6) is 0 Å². The molecule has 0 aromatic heterocycles. The van der Waals surface area contributed by atoms with Gasteiger partial charge in [-0.15, -0.1) is 0 Å². The van der Waals surface area contributed by atoms with Crippen molar-refractivity contribution in [3.63, 3.8) is 0 Å². The molecule has 1 aromatic carbocycles. The lowest BCUT2D eigenvalue weighted by molar-refractivity contribution is -0.124. The number of amides is 1. The molecule has 4 heteroatoms. The van der Waals surface area contributed by atoms with E-state index in [0.717, 1.165) is 5.56 Å². The van der Waals surface area contributed by atoms with Crippen molar-refractivity contribution >= 4 is 5.91 Å². The molecule has 0 heterocycles. The number of hydrogen-bond acceptors (Lipinski definition) is 2. The number of rotatable bonds is 4. The van der Waals surface area contributed by atoms with Crippen LogP contribution in [-0.2, 0) is 4.79 Å². The van der Waals surface area contributed by atoms with E-state index in [2.05, 4.69) is 5.32 Å². The van der Waals surface area contributed by atoms with E-state index in [9.17, 15) is 9.18 Å². The molecule has 0 aliphatic carbocycles. The van der Waals surface area contributed by atoms with Gasteiger partial charge >= 0.3 is 0 Å². The summed E-state index contributed by atoms with van der Waals surface area (Å²) in [7, 11) is 0. The van der Waals surface area contributed by atoms with Gasteiger partial charge in [0.15, 0.2) is 0 Å². The molecule has 0 aliphatic heterocycles. The van der Waals surface area contributed by atoms with Gasteiger partial charge in [0.2, 0.25) is 5.91 Å². The minimum atomic E-state index is -0.509. The van der Waals surface area contributed by atoms with Gasteiger partial charge in [0.25, 0.3) is 0 Å². The van der Waals surface area contributed by atoms with Crippen LogP contribution in [-0.4, -0.2) is 11.9 Å². The molecule has 1 unspecified atom stereocenters. The third-order valence-electron chi connectivity index (χ3n) is 3.13. The van der Waals surface area contributed by atoms with E-state index in [1.807, 2.05) is 27.7 Å². The molecule has 3 N–H and O–H groups in total. The van der Waals surface area contributed by atoms with Crippen LogP contribution < -0.4 is 11.1 Å². The lowest BCUT2D eigenvalue weighted by atomic mass is 9.82. The third-order valence-corrected chi connectivity index (χ3v) is 3.13. The summed E-state index contributed by atoms with van der Waals surface area (Å²) in [6.07, 6.45) is 0.589. The van der Waals surface area contributed by atoms with Crippen LogP contribution in [0.15, 0.2) is 24.3 Å². The summed E-state index contributed by atoms with van der Waals surface area (Å²) in [6.45, 7) is 7.95. The summed E-state index contributed by atoms with van der Waals surface area (Å²) < 4.78 is 13.0. The Morgan fingerprint density at radius 2 is 1.84 bits per heavy atom. The molecule has 0 aliphatic rings. The zero-order valence-corrected chi connectivity index (χ0v) is 12.0. The van der Waals surface area contributed by atoms with E-state index < -0.39 is 6.04 Å². The van der Waals surface area contributed by atoms with Crippen LogP contribution in [0.4, 0.5) is 4.39 Å². The Bertz CT molecular complexity index is 423. The van der Waals surface area contributed by atoms with Crippen molar-refractivity contribution in [1.29, 1.82) is 0 Å². The summed E-state index contributed by atoms with van der Waals surface area (Å²) in [6, 6.07) is 5.50. The molecule has 0 saturated carbocycles. The molecular formula is C15H23FN2O. The average Bonchev–Trinajstić information content (AvgIpc) is 2.34. The van der Waals surface area contributed by atoms with Crippen molar-refractivity contribution in [3.05, 3.63) is 35.6 Å². The second-order valence-electron chi connectivity index (χ2n) is 5.87. The maximum Gasteiger partial charge on any atom is 0.237 e. The predicted octanol–water partition coefficient (Wildman–Crippen LogP) is 2.77. The van der Waals surface area contributed by atoms with Gasteiger partial charge in [0.05, 0.1) is 12.1 Å². The van der Waals surface area contributed by atoms with E-state index in [-0.39, 0.29) is 23.2 Å². The molecule has 0 saturated heterocycles. The second-order valence-corrected chi connectivity index (χ2v) is 5.87. The molecule has 19 heavy (non-hydrogen) atoms. The van der Waals surface area contributed by atoms with E-state index in [1.165, 1.54) is 12.1 Å². The minimum absolute atomic E-state index is 0.174. The number of carbonyl (C=O) groups excluding carboxylic acids is 1. The van der Waals surface area contributed by atoms with Crippen LogP contribution in [0.1, 0.15) is 45.7 Å². The van der Waals surface area contributed by atoms with Crippen LogP contribution in [0.3, 0.4) is 0 Å². The van der Waals surface area contributed by atoms with Crippen LogP contribution in [0.2, 0.25) is 0 Å². The standard InChI is InChI=1S/C15H23FN2O/c1-5-12(17)14(19)18-13(15(2,3)4)10-6-8-11(16)9-7-10/h6-9,12-13H,5,17H2,1-4H3,(H,18,19)/t12-,13?/m1/s1. The Morgan fingerprint density at radius 1 is 1.32 bits per heavy atom. The van der Waals surface area contributed by atoms with Gasteiger partial charge in [-0.25, -0.2) is 4.39 Å². The molecule has 106 valence electrons. The molecule has 1 amide bonds. The summed E-state index contributed by atoms with van der Waals surface area (Å²) >= 11 is 0. The molecule has 0 radical (unpaired) electrons. The molecule has 0 bridgehead atoms. The normalized spacial score (nSPS) is 14.8. The summed E-state index contributed by atoms with van der Waals surface area (Å²) in [4.78, 5) is 12.0. The zero-order valence-electron chi connectivity index (χ0n) is 12.0. The van der Waals surface area contributed by atoms with Crippen molar-refractivity contribution in [3.8, 4) is 0 Å². The summed E-state index contributed by atoms with van der Waals surface area (Å²) in [5.41, 5.74) is 6.44. The Morgan fingerprint density at radius 3 is 2.26 bits per heavy atom. The van der Waals surface area contributed by atoms with Gasteiger partial charge in [-0.2, -0.15) is 0 Å². The number of nitrogens with one attached hydrogen (secondary N) is 1. The molecule has 0 fully saturated rings. The highest BCUT2D eigenvalue weighted by molar-refractivity contribution is 5.81. The van der Waals surface area contributed by atoms with Crippen LogP contribution >= 0.6 is 0 Å². The number of carbonyl (C=O) groups is 1. The number of halogens is 1. The fraction of sp³-hybridized carbons (Fsp3) is 0.533. The molecule has 1 aromatic rings. The highest BCUT2D eigenvalue weighted by Crippen LogP contribution is 2.32. The maximum atomic E-state index is 13.0. The highest BCUT2D eigenvalue weighted by atomic mass is 19.1. The average molecular weight is 266 g/mol. The lowest BCUT2D eigenvalue weighted by Gasteiger charge is -2.32. The van der Waals surface area contributed by atoms with Crippen molar-refractivity contribution in [2.75, 3.05) is 0 Å². The quantitative estimate of drug-likeness (QED) is 0.880. The van der Waals surface area contributed by atoms with E-state index in [0.29, 0.717) is 6.42 Å². The van der Waals surface area contributed by atoms with Gasteiger partial charge in [0, 0.05) is 0 Å². The van der Waals surface area contributed by atoms with Gasteiger partial charge in [-0.05, 0) is 29.5 Å². The van der Waals surface area contributed by atoms with Gasteiger partial charge < -0.3 is 11.1 Å². The highest BCUT2D eigenvalue weighted by Gasteiger charge is 2.29. The first-order valence-corrected chi connectivity index (χ1v) is 6.57. The molecular weight excluding hydrogens is 243 g/mol. The van der Waals surface area contributed by atoms with Crippen molar-refractivity contribution in [1.82, 2.24) is 5.32 Å². The number of benzene rings is 1. The minimum Gasteiger partial charge on any atom is -0.347 e. The Hall–Kier alpha value is -1.42. The smallest absolute Gasteiger partial charge is 0.237 e. The first-order chi connectivity index (χ1) is 8.75. The van der Waals surface area contributed by atoms with Gasteiger partial charge in [-0.1, -0.05) is 39.8 Å². The van der Waals surface area contributed by atoms with Gasteiger partial charge in [0.1, 0.15) is 5.82 Å². The lowest BCUT2D eigenvalue weighted by Crippen LogP contribution is -2.45. The van der Waals surface area contributed by atoms with Crippen molar-refractivity contribution < 1.29 is 9.18 Å². The molecule has 1 rings (SSSR count). The van der Waals surface area contributed by atoms with E-state index in [4.69, 9.17) is 5.73 Å². The first kappa shape index (κ1) is 15.6. The fourth-order valence-electron chi connectivity index (χ4n) is 1.89. The Kier molecular flexibility index (Phi) is 5.06. The topological polar surface area (TPSA) is 55.1 Å². The number of hydrogen-bond donors (Lipinski definition) is 2. The second kappa shape index (κ2) is 6.15. The Balaban J connectivity index is 2.97. The predicted molar refractivity (Wildman–Crippen MR) is 75.0 cm³/mol. The van der Waals surface area contributed by atoms with Crippen molar-refractivity contribution in [2.45, 2.75) is 46.2 Å². The van der Waals surface area contributed by atoms with Gasteiger partial charge in [-0.3, -0.25) is 4.79 Å². The number of nitrogens with two attached hydrogens (primary N) is 1. The van der Waals surface area contributed by atoms with Crippen LogP contribution in [0.25, 0.3) is 0 Å². The molecule has 0 spiro atoms. The first-order valence-electron chi connectivity index (χ1n) is 6.57. The van der Waals surface area contributed by atoms with Crippen molar-refractivity contribution in [2.24, 2.45) is 11.1 Å². The Labute approximate surface area is 114 Å². The van der Waals surface area contributed by atoms with Crippen LogP contribution in [0, 0.1) is 11.2 Å². The monoisotopic (exact) mass is 266 g/mol. The third kappa shape index (κ3) is 4.31. The summed E-state index contributed by atoms with van der Waals surface area (Å²) in [5, 5.41) is 2.96. The van der Waals surface area contributed by atoms with E-state index >= 15 is 0 Å². The maximum absolute atomic E-state index is 13.0.